The van der Waals surface area contributed by atoms with Gasteiger partial charge in [0.25, 0.3) is 16.0 Å². The lowest BCUT2D eigenvalue weighted by Crippen LogP contribution is -2.27. The largest absolute Gasteiger partial charge is 0.310 e. The predicted molar refractivity (Wildman–Crippen MR) is 75.4 cm³/mol. The fourth-order valence-electron chi connectivity index (χ4n) is 1.84. The maximum absolute atomic E-state index is 12.3. The Kier molecular flexibility index (Phi) is 3.87. The summed E-state index contributed by atoms with van der Waals surface area (Å²) < 4.78 is 31.9. The Morgan fingerprint density at radius 1 is 1.00 bits per heavy atom. The number of benzene rings is 2. The minimum atomic E-state index is -4.39. The Balaban J connectivity index is 2.45. The molecule has 0 fully saturated rings. The minimum absolute atomic E-state index is 0.129. The van der Waals surface area contributed by atoms with Crippen molar-refractivity contribution in [2.75, 3.05) is 11.9 Å². The van der Waals surface area contributed by atoms with Crippen LogP contribution in [0.1, 0.15) is 10.4 Å². The molecule has 2 aromatic rings. The molecule has 20 heavy (non-hydrogen) atoms. The highest BCUT2D eigenvalue weighted by molar-refractivity contribution is 7.86. The first-order valence-corrected chi connectivity index (χ1v) is 7.25. The first kappa shape index (κ1) is 14.2. The molecule has 0 aliphatic heterocycles. The fraction of sp³-hybridized carbons (Fsp3) is 0.0714. The molecule has 0 aromatic heterocycles. The van der Waals surface area contributed by atoms with E-state index in [1.54, 1.807) is 36.4 Å². The van der Waals surface area contributed by atoms with Crippen LogP contribution in [0, 0.1) is 0 Å². The molecule has 1 N–H and O–H groups in total. The van der Waals surface area contributed by atoms with Crippen LogP contribution in [0.25, 0.3) is 0 Å². The van der Waals surface area contributed by atoms with Crippen molar-refractivity contribution < 1.29 is 17.8 Å². The predicted octanol–water partition coefficient (Wildman–Crippen LogP) is 2.21. The van der Waals surface area contributed by atoms with Crippen LogP contribution in [0.3, 0.4) is 0 Å². The Labute approximate surface area is 117 Å². The van der Waals surface area contributed by atoms with Crippen molar-refractivity contribution in [1.29, 1.82) is 0 Å². The molecule has 0 aliphatic carbocycles. The Morgan fingerprint density at radius 3 is 2.15 bits per heavy atom. The summed E-state index contributed by atoms with van der Waals surface area (Å²) in [4.78, 5) is 13.2. The zero-order chi connectivity index (χ0) is 14.8. The molecule has 0 unspecified atom stereocenters. The summed E-state index contributed by atoms with van der Waals surface area (Å²) in [5.74, 6) is -0.360. The van der Waals surface area contributed by atoms with Gasteiger partial charge in [-0.05, 0) is 24.3 Å². The van der Waals surface area contributed by atoms with Gasteiger partial charge >= 0.3 is 0 Å². The maximum atomic E-state index is 12.3. The minimum Gasteiger partial charge on any atom is -0.310 e. The Hall–Kier alpha value is -2.18. The van der Waals surface area contributed by atoms with Crippen LogP contribution >= 0.6 is 0 Å². The molecule has 1 amide bonds. The van der Waals surface area contributed by atoms with Gasteiger partial charge in [0.2, 0.25) is 0 Å². The van der Waals surface area contributed by atoms with Crippen LogP contribution in [0.5, 0.6) is 0 Å². The lowest BCUT2D eigenvalue weighted by molar-refractivity contribution is 0.0992. The second kappa shape index (κ2) is 5.44. The lowest BCUT2D eigenvalue weighted by atomic mass is 10.2. The average Bonchev–Trinajstić information content (AvgIpc) is 2.46. The number of carbonyl (C=O) groups excluding carboxylic acids is 1. The Morgan fingerprint density at radius 2 is 1.55 bits per heavy atom. The normalized spacial score (nSPS) is 11.1. The van der Waals surface area contributed by atoms with E-state index >= 15 is 0 Å². The fourth-order valence-corrected chi connectivity index (χ4v) is 2.56. The summed E-state index contributed by atoms with van der Waals surface area (Å²) in [6.45, 7) is 0. The van der Waals surface area contributed by atoms with Crippen molar-refractivity contribution in [2.24, 2.45) is 0 Å². The maximum Gasteiger partial charge on any atom is 0.296 e. The second-order valence-electron chi connectivity index (χ2n) is 4.17. The number of nitrogens with zero attached hydrogens (tertiary/aromatic N) is 1. The van der Waals surface area contributed by atoms with E-state index in [1.807, 2.05) is 0 Å². The molecule has 0 saturated heterocycles. The van der Waals surface area contributed by atoms with E-state index in [0.29, 0.717) is 5.56 Å². The van der Waals surface area contributed by atoms with Gasteiger partial charge in [-0.3, -0.25) is 9.35 Å². The van der Waals surface area contributed by atoms with Gasteiger partial charge in [0.1, 0.15) is 4.90 Å². The van der Waals surface area contributed by atoms with Crippen molar-refractivity contribution in [3.63, 3.8) is 0 Å². The molecular weight excluding hydrogens is 278 g/mol. The number of para-hydroxylation sites is 1. The zero-order valence-electron chi connectivity index (χ0n) is 10.7. The number of rotatable bonds is 3. The van der Waals surface area contributed by atoms with Crippen molar-refractivity contribution in [2.45, 2.75) is 4.90 Å². The van der Waals surface area contributed by atoms with Gasteiger partial charge in [-0.15, -0.1) is 0 Å². The molecule has 0 atom stereocenters. The van der Waals surface area contributed by atoms with Gasteiger partial charge in [-0.25, -0.2) is 0 Å². The molecule has 5 nitrogen and oxygen atoms in total. The van der Waals surface area contributed by atoms with Gasteiger partial charge in [0.05, 0.1) is 5.69 Å². The van der Waals surface area contributed by atoms with Gasteiger partial charge in [-0.1, -0.05) is 30.3 Å². The molecule has 0 aliphatic rings. The number of amides is 1. The van der Waals surface area contributed by atoms with Gasteiger partial charge in [0.15, 0.2) is 0 Å². The lowest BCUT2D eigenvalue weighted by Gasteiger charge is -2.19. The van der Waals surface area contributed by atoms with E-state index in [4.69, 9.17) is 0 Å². The van der Waals surface area contributed by atoms with E-state index in [9.17, 15) is 17.8 Å². The van der Waals surface area contributed by atoms with E-state index in [0.717, 1.165) is 0 Å². The number of anilines is 1. The van der Waals surface area contributed by atoms with E-state index in [1.165, 1.54) is 30.1 Å². The van der Waals surface area contributed by atoms with Gasteiger partial charge in [-0.2, -0.15) is 8.42 Å². The third kappa shape index (κ3) is 2.87. The standard InChI is InChI=1S/C14H13NO4S/c1-15(14(16)11-7-3-2-4-8-11)12-9-5-6-10-13(12)20(17,18)19/h2-10H,1H3,(H,17,18,19). The van der Waals surface area contributed by atoms with E-state index < -0.39 is 10.1 Å². The average molecular weight is 291 g/mol. The summed E-state index contributed by atoms with van der Waals surface area (Å²) in [6, 6.07) is 14.3. The van der Waals surface area contributed by atoms with Gasteiger partial charge in [0, 0.05) is 12.6 Å². The second-order valence-corrected chi connectivity index (χ2v) is 5.56. The van der Waals surface area contributed by atoms with Crippen LogP contribution in [0.15, 0.2) is 59.5 Å². The van der Waals surface area contributed by atoms with Crippen LogP contribution in [0.2, 0.25) is 0 Å². The molecule has 0 heterocycles. The molecule has 6 heteroatoms. The van der Waals surface area contributed by atoms with E-state index in [2.05, 4.69) is 0 Å². The van der Waals surface area contributed by atoms with Crippen LogP contribution in [-0.2, 0) is 10.1 Å². The van der Waals surface area contributed by atoms with Gasteiger partial charge < -0.3 is 4.90 Å². The van der Waals surface area contributed by atoms with Crippen molar-refractivity contribution in [3.05, 3.63) is 60.2 Å². The van der Waals surface area contributed by atoms with Crippen LogP contribution < -0.4 is 4.90 Å². The number of hydrogen-bond donors (Lipinski definition) is 1. The van der Waals surface area contributed by atoms with Crippen LogP contribution in [0.4, 0.5) is 5.69 Å². The van der Waals surface area contributed by atoms with E-state index in [-0.39, 0.29) is 16.5 Å². The first-order chi connectivity index (χ1) is 9.41. The molecule has 0 saturated carbocycles. The highest BCUT2D eigenvalue weighted by Gasteiger charge is 2.21. The molecular formula is C14H13NO4S. The number of hydrogen-bond acceptors (Lipinski definition) is 3. The van der Waals surface area contributed by atoms with Crippen molar-refractivity contribution in [1.82, 2.24) is 0 Å². The third-order valence-corrected chi connectivity index (χ3v) is 3.73. The SMILES string of the molecule is CN(C(=O)c1ccccc1)c1ccccc1S(=O)(=O)O. The van der Waals surface area contributed by atoms with Crippen LogP contribution in [-0.4, -0.2) is 25.9 Å². The number of carbonyl (C=O) groups is 1. The molecule has 0 radical (unpaired) electrons. The zero-order valence-corrected chi connectivity index (χ0v) is 11.5. The van der Waals surface area contributed by atoms with Crippen molar-refractivity contribution in [3.8, 4) is 0 Å². The molecule has 2 rings (SSSR count). The molecule has 2 aromatic carbocycles. The smallest absolute Gasteiger partial charge is 0.296 e. The highest BCUT2D eigenvalue weighted by Crippen LogP contribution is 2.25. The topological polar surface area (TPSA) is 74.7 Å². The third-order valence-electron chi connectivity index (χ3n) is 2.83. The molecule has 104 valence electrons. The monoisotopic (exact) mass is 291 g/mol. The summed E-state index contributed by atoms with van der Waals surface area (Å²) in [6.07, 6.45) is 0. The molecule has 0 bridgehead atoms. The summed E-state index contributed by atoms with van der Waals surface area (Å²) in [7, 11) is -2.93. The summed E-state index contributed by atoms with van der Waals surface area (Å²) in [5.41, 5.74) is 0.559. The summed E-state index contributed by atoms with van der Waals surface area (Å²) >= 11 is 0. The summed E-state index contributed by atoms with van der Waals surface area (Å²) in [5, 5.41) is 0. The quantitative estimate of drug-likeness (QED) is 0.880. The first-order valence-electron chi connectivity index (χ1n) is 5.81. The Bertz CT molecular complexity index is 726. The van der Waals surface area contributed by atoms with Crippen molar-refractivity contribution >= 4 is 21.7 Å². The highest BCUT2D eigenvalue weighted by atomic mass is 32.2. The molecule has 0 spiro atoms.